The van der Waals surface area contributed by atoms with Crippen LogP contribution in [0.4, 0.5) is 5.82 Å². The van der Waals surface area contributed by atoms with Crippen LogP contribution in [-0.2, 0) is 13.2 Å². The Morgan fingerprint density at radius 1 is 0.971 bits per heavy atom. The van der Waals surface area contributed by atoms with Crippen LogP contribution in [-0.4, -0.2) is 15.7 Å². The van der Waals surface area contributed by atoms with Crippen molar-refractivity contribution in [3.63, 3.8) is 0 Å². The number of hydrogen-bond donors (Lipinski definition) is 1. The fourth-order valence-electron chi connectivity index (χ4n) is 3.50. The molecule has 0 atom stereocenters. The summed E-state index contributed by atoms with van der Waals surface area (Å²) < 4.78 is 13.1. The zero-order chi connectivity index (χ0) is 23.5. The van der Waals surface area contributed by atoms with Crippen molar-refractivity contribution in [3.8, 4) is 5.75 Å². The summed E-state index contributed by atoms with van der Waals surface area (Å²) in [5, 5.41) is 10.3. The Bertz CT molecular complexity index is 1460. The van der Waals surface area contributed by atoms with E-state index in [2.05, 4.69) is 10.4 Å². The molecule has 34 heavy (non-hydrogen) atoms. The molecule has 0 bridgehead atoms. The Labute approximate surface area is 205 Å². The van der Waals surface area contributed by atoms with Gasteiger partial charge in [0.2, 0.25) is 0 Å². The number of nitrogens with zero attached hydrogens (tertiary/aromatic N) is 2. The number of anilines is 1. The zero-order valence-corrected chi connectivity index (χ0v) is 19.4. The Hall–Kier alpha value is -3.74. The van der Waals surface area contributed by atoms with E-state index in [4.69, 9.17) is 32.4 Å². The van der Waals surface area contributed by atoms with Gasteiger partial charge in [-0.05, 0) is 52.7 Å². The molecule has 0 spiro atoms. The van der Waals surface area contributed by atoms with Crippen LogP contribution in [0.3, 0.4) is 0 Å². The molecule has 8 heteroatoms. The van der Waals surface area contributed by atoms with Gasteiger partial charge in [-0.15, -0.1) is 0 Å². The number of amides is 1. The minimum atomic E-state index is -0.449. The predicted molar refractivity (Wildman–Crippen MR) is 133 cm³/mol. The van der Waals surface area contributed by atoms with Gasteiger partial charge in [0.25, 0.3) is 5.91 Å². The van der Waals surface area contributed by atoms with Gasteiger partial charge in [-0.3, -0.25) is 9.48 Å². The molecule has 0 aliphatic rings. The summed E-state index contributed by atoms with van der Waals surface area (Å²) in [5.41, 5.74) is 1.00. The lowest BCUT2D eigenvalue weighted by Crippen LogP contribution is -2.12. The van der Waals surface area contributed by atoms with Crippen LogP contribution >= 0.6 is 23.2 Å². The molecule has 5 aromatic rings. The number of fused-ring (bicyclic) bond motifs is 1. The summed E-state index contributed by atoms with van der Waals surface area (Å²) >= 11 is 12.2. The van der Waals surface area contributed by atoms with Crippen LogP contribution in [0.25, 0.3) is 10.8 Å². The van der Waals surface area contributed by atoms with E-state index in [0.717, 1.165) is 22.1 Å². The molecule has 0 fully saturated rings. The van der Waals surface area contributed by atoms with Crippen molar-refractivity contribution in [2.75, 3.05) is 5.32 Å². The Morgan fingerprint density at radius 3 is 2.59 bits per heavy atom. The van der Waals surface area contributed by atoms with Crippen LogP contribution in [0.15, 0.2) is 89.5 Å². The highest BCUT2D eigenvalue weighted by atomic mass is 35.5. The number of furan rings is 1. The van der Waals surface area contributed by atoms with Crippen LogP contribution in [0.2, 0.25) is 10.0 Å². The molecule has 0 saturated heterocycles. The van der Waals surface area contributed by atoms with Gasteiger partial charge in [-0.2, -0.15) is 5.10 Å². The smallest absolute Gasteiger partial charge is 0.292 e. The molecule has 0 unspecified atom stereocenters. The monoisotopic (exact) mass is 491 g/mol. The average molecular weight is 492 g/mol. The molecule has 5 rings (SSSR count). The lowest BCUT2D eigenvalue weighted by molar-refractivity contribution is 0.0992. The van der Waals surface area contributed by atoms with Gasteiger partial charge in [0, 0.05) is 11.2 Å². The highest BCUT2D eigenvalue weighted by molar-refractivity contribution is 6.33. The standard InChI is InChI=1S/C26H19Cl2N3O3/c27-20-8-5-17(6-9-20)14-31-15-23(28)25(30-31)29-26(32)24-12-11-22(34-24)16-33-21-10-7-18-3-1-2-4-19(18)13-21/h1-13,15H,14,16H2,(H,29,30,32). The van der Waals surface area contributed by atoms with E-state index in [1.54, 1.807) is 23.0 Å². The molecule has 170 valence electrons. The molecule has 0 aliphatic carbocycles. The maximum absolute atomic E-state index is 12.6. The first-order valence-electron chi connectivity index (χ1n) is 10.5. The minimum Gasteiger partial charge on any atom is -0.486 e. The normalized spacial score (nSPS) is 11.0. The molecule has 2 heterocycles. The van der Waals surface area contributed by atoms with E-state index in [-0.39, 0.29) is 18.2 Å². The number of ether oxygens (including phenoxy) is 1. The third-order valence-electron chi connectivity index (χ3n) is 5.19. The molecule has 1 N–H and O–H groups in total. The quantitative estimate of drug-likeness (QED) is 0.271. The first-order chi connectivity index (χ1) is 16.5. The van der Waals surface area contributed by atoms with Crippen molar-refractivity contribution in [2.45, 2.75) is 13.2 Å². The fourth-order valence-corrected chi connectivity index (χ4v) is 3.82. The van der Waals surface area contributed by atoms with Gasteiger partial charge in [0.05, 0.1) is 6.54 Å². The number of rotatable bonds is 7. The van der Waals surface area contributed by atoms with E-state index in [1.165, 1.54) is 0 Å². The Balaban J connectivity index is 1.20. The van der Waals surface area contributed by atoms with E-state index in [9.17, 15) is 4.79 Å². The van der Waals surface area contributed by atoms with Crippen molar-refractivity contribution < 1.29 is 13.9 Å². The minimum absolute atomic E-state index is 0.139. The van der Waals surface area contributed by atoms with E-state index < -0.39 is 5.91 Å². The van der Waals surface area contributed by atoms with Crippen LogP contribution < -0.4 is 10.1 Å². The van der Waals surface area contributed by atoms with Gasteiger partial charge in [0.15, 0.2) is 11.6 Å². The second-order valence-electron chi connectivity index (χ2n) is 7.67. The molecular formula is C26H19Cl2N3O3. The van der Waals surface area contributed by atoms with E-state index in [1.807, 2.05) is 66.7 Å². The number of carbonyl (C=O) groups is 1. The molecule has 6 nitrogen and oxygen atoms in total. The molecular weight excluding hydrogens is 473 g/mol. The average Bonchev–Trinajstić information content (AvgIpc) is 3.45. The van der Waals surface area contributed by atoms with Crippen molar-refractivity contribution in [1.29, 1.82) is 0 Å². The third kappa shape index (κ3) is 5.09. The van der Waals surface area contributed by atoms with Crippen LogP contribution in [0.5, 0.6) is 5.75 Å². The van der Waals surface area contributed by atoms with E-state index in [0.29, 0.717) is 22.4 Å². The SMILES string of the molecule is O=C(Nc1nn(Cc2ccc(Cl)cc2)cc1Cl)c1ccc(COc2ccc3ccccc3c2)o1. The summed E-state index contributed by atoms with van der Waals surface area (Å²) in [6.07, 6.45) is 1.65. The first kappa shape index (κ1) is 22.1. The maximum atomic E-state index is 12.6. The second-order valence-corrected chi connectivity index (χ2v) is 8.51. The highest BCUT2D eigenvalue weighted by Gasteiger charge is 2.16. The van der Waals surface area contributed by atoms with Crippen molar-refractivity contribution >= 4 is 45.7 Å². The first-order valence-corrected chi connectivity index (χ1v) is 11.3. The highest BCUT2D eigenvalue weighted by Crippen LogP contribution is 2.23. The Kier molecular flexibility index (Phi) is 6.25. The molecule has 3 aromatic carbocycles. The van der Waals surface area contributed by atoms with Crippen LogP contribution in [0.1, 0.15) is 21.9 Å². The molecule has 0 aliphatic heterocycles. The van der Waals surface area contributed by atoms with Gasteiger partial charge in [-0.1, -0.05) is 65.7 Å². The van der Waals surface area contributed by atoms with Gasteiger partial charge in [0.1, 0.15) is 23.1 Å². The fraction of sp³-hybridized carbons (Fsp3) is 0.0769. The lowest BCUT2D eigenvalue weighted by atomic mass is 10.1. The second kappa shape index (κ2) is 9.63. The molecule has 0 radical (unpaired) electrons. The van der Waals surface area contributed by atoms with Gasteiger partial charge in [-0.25, -0.2) is 0 Å². The van der Waals surface area contributed by atoms with E-state index >= 15 is 0 Å². The molecule has 2 aromatic heterocycles. The Morgan fingerprint density at radius 2 is 1.76 bits per heavy atom. The maximum Gasteiger partial charge on any atom is 0.292 e. The number of halogens is 2. The number of aromatic nitrogens is 2. The molecule has 1 amide bonds. The number of nitrogens with one attached hydrogen (secondary N) is 1. The summed E-state index contributed by atoms with van der Waals surface area (Å²) in [5.74, 6) is 1.19. The summed E-state index contributed by atoms with van der Waals surface area (Å²) in [6.45, 7) is 0.686. The summed E-state index contributed by atoms with van der Waals surface area (Å²) in [4.78, 5) is 12.6. The van der Waals surface area contributed by atoms with Gasteiger partial charge >= 0.3 is 0 Å². The lowest BCUT2D eigenvalue weighted by Gasteiger charge is -2.06. The van der Waals surface area contributed by atoms with Gasteiger partial charge < -0.3 is 14.5 Å². The summed E-state index contributed by atoms with van der Waals surface area (Å²) in [6, 6.07) is 24.6. The molecule has 0 saturated carbocycles. The van der Waals surface area contributed by atoms with Crippen molar-refractivity contribution in [3.05, 3.63) is 112 Å². The number of benzene rings is 3. The van der Waals surface area contributed by atoms with Crippen molar-refractivity contribution in [1.82, 2.24) is 9.78 Å². The number of carbonyl (C=O) groups excluding carboxylic acids is 1. The van der Waals surface area contributed by atoms with Crippen LogP contribution in [0, 0.1) is 0 Å². The summed E-state index contributed by atoms with van der Waals surface area (Å²) in [7, 11) is 0. The predicted octanol–water partition coefficient (Wildman–Crippen LogP) is 6.82. The topological polar surface area (TPSA) is 69.3 Å². The largest absolute Gasteiger partial charge is 0.486 e. The van der Waals surface area contributed by atoms with Crippen molar-refractivity contribution in [2.24, 2.45) is 0 Å². The third-order valence-corrected chi connectivity index (χ3v) is 5.72. The number of hydrogen-bond acceptors (Lipinski definition) is 4. The zero-order valence-electron chi connectivity index (χ0n) is 17.9.